The number of anilines is 2. The molecule has 0 bridgehead atoms. The predicted octanol–water partition coefficient (Wildman–Crippen LogP) is 3.26. The van der Waals surface area contributed by atoms with Crippen molar-refractivity contribution >= 4 is 23.2 Å². The Kier molecular flexibility index (Phi) is 6.60. The average Bonchev–Trinajstić information content (AvgIpc) is 2.65. The van der Waals surface area contributed by atoms with Gasteiger partial charge in [-0.15, -0.1) is 0 Å². The maximum Gasteiger partial charge on any atom is 0.244 e. The summed E-state index contributed by atoms with van der Waals surface area (Å²) >= 11 is 0. The summed E-state index contributed by atoms with van der Waals surface area (Å²) in [4.78, 5) is 26.0. The van der Waals surface area contributed by atoms with E-state index in [9.17, 15) is 9.59 Å². The highest BCUT2D eigenvalue weighted by Crippen LogP contribution is 2.31. The molecule has 6 heteroatoms. The third kappa shape index (κ3) is 4.53. The van der Waals surface area contributed by atoms with Crippen molar-refractivity contribution in [1.82, 2.24) is 0 Å². The number of amides is 2. The molecule has 6 nitrogen and oxygen atoms in total. The van der Waals surface area contributed by atoms with Crippen molar-refractivity contribution in [1.29, 1.82) is 0 Å². The van der Waals surface area contributed by atoms with Crippen molar-refractivity contribution in [3.63, 3.8) is 0 Å². The van der Waals surface area contributed by atoms with Crippen LogP contribution in [0.25, 0.3) is 0 Å². The van der Waals surface area contributed by atoms with Crippen LogP contribution in [0.3, 0.4) is 0 Å². The Hall–Kier alpha value is -3.02. The number of aryl methyl sites for hydroxylation is 1. The SMILES string of the molecule is CCc1ccccc1NC(=O)CN(C(C)=O)c1ccc(OC)c(OC)c1. The second-order valence-electron chi connectivity index (χ2n) is 5.70. The number of hydrogen-bond donors (Lipinski definition) is 1. The minimum atomic E-state index is -0.268. The van der Waals surface area contributed by atoms with Gasteiger partial charge < -0.3 is 19.7 Å². The Morgan fingerprint density at radius 3 is 2.35 bits per heavy atom. The molecule has 0 aliphatic heterocycles. The van der Waals surface area contributed by atoms with Gasteiger partial charge in [0.2, 0.25) is 11.8 Å². The van der Waals surface area contributed by atoms with E-state index in [1.165, 1.54) is 18.9 Å². The Labute approximate surface area is 153 Å². The highest BCUT2D eigenvalue weighted by molar-refractivity contribution is 6.02. The fraction of sp³-hybridized carbons (Fsp3) is 0.300. The lowest BCUT2D eigenvalue weighted by Gasteiger charge is -2.22. The van der Waals surface area contributed by atoms with Crippen LogP contribution in [0.2, 0.25) is 0 Å². The number of carbonyl (C=O) groups excluding carboxylic acids is 2. The van der Waals surface area contributed by atoms with Gasteiger partial charge in [-0.2, -0.15) is 0 Å². The number of benzene rings is 2. The topological polar surface area (TPSA) is 67.9 Å². The zero-order valence-corrected chi connectivity index (χ0v) is 15.5. The number of nitrogens with zero attached hydrogens (tertiary/aromatic N) is 1. The average molecular weight is 356 g/mol. The fourth-order valence-corrected chi connectivity index (χ4v) is 2.66. The summed E-state index contributed by atoms with van der Waals surface area (Å²) in [5.74, 6) is 0.543. The number of carbonyl (C=O) groups is 2. The Balaban J connectivity index is 2.20. The minimum Gasteiger partial charge on any atom is -0.493 e. The molecule has 0 spiro atoms. The van der Waals surface area contributed by atoms with Gasteiger partial charge in [-0.05, 0) is 30.2 Å². The van der Waals surface area contributed by atoms with Crippen molar-refractivity contribution in [3.05, 3.63) is 48.0 Å². The third-order valence-electron chi connectivity index (χ3n) is 4.03. The monoisotopic (exact) mass is 356 g/mol. The smallest absolute Gasteiger partial charge is 0.244 e. The Morgan fingerprint density at radius 2 is 1.73 bits per heavy atom. The fourth-order valence-electron chi connectivity index (χ4n) is 2.66. The van der Waals surface area contributed by atoms with Gasteiger partial charge >= 0.3 is 0 Å². The van der Waals surface area contributed by atoms with Gasteiger partial charge in [0.05, 0.1) is 14.2 Å². The van der Waals surface area contributed by atoms with Crippen molar-refractivity contribution in [2.24, 2.45) is 0 Å². The Bertz CT molecular complexity index is 789. The van der Waals surface area contributed by atoms with Crippen LogP contribution in [0.15, 0.2) is 42.5 Å². The molecule has 0 unspecified atom stereocenters. The first-order valence-corrected chi connectivity index (χ1v) is 8.38. The number of methoxy groups -OCH3 is 2. The standard InChI is InChI=1S/C20H24N2O4/c1-5-15-8-6-7-9-17(15)21-20(24)13-22(14(2)23)16-10-11-18(25-3)19(12-16)26-4/h6-12H,5,13H2,1-4H3,(H,21,24). The maximum absolute atomic E-state index is 12.5. The molecular formula is C20H24N2O4. The number of para-hydroxylation sites is 1. The molecular weight excluding hydrogens is 332 g/mol. The minimum absolute atomic E-state index is 0.0944. The van der Waals surface area contributed by atoms with E-state index < -0.39 is 0 Å². The first kappa shape index (κ1) is 19.3. The van der Waals surface area contributed by atoms with E-state index in [1.54, 1.807) is 25.3 Å². The van der Waals surface area contributed by atoms with Crippen LogP contribution < -0.4 is 19.7 Å². The lowest BCUT2D eigenvalue weighted by molar-refractivity contribution is -0.120. The molecule has 0 saturated heterocycles. The summed E-state index contributed by atoms with van der Waals surface area (Å²) in [6.45, 7) is 3.35. The molecule has 2 aromatic rings. The van der Waals surface area contributed by atoms with Crippen molar-refractivity contribution < 1.29 is 19.1 Å². The van der Waals surface area contributed by atoms with E-state index in [2.05, 4.69) is 5.32 Å². The highest BCUT2D eigenvalue weighted by Gasteiger charge is 2.18. The molecule has 0 aliphatic rings. The number of hydrogen-bond acceptors (Lipinski definition) is 4. The number of nitrogens with one attached hydrogen (secondary N) is 1. The van der Waals surface area contributed by atoms with Gasteiger partial charge in [0.25, 0.3) is 0 Å². The van der Waals surface area contributed by atoms with Crippen LogP contribution >= 0.6 is 0 Å². The lowest BCUT2D eigenvalue weighted by Crippen LogP contribution is -2.36. The molecule has 2 amide bonds. The number of ether oxygens (including phenoxy) is 2. The van der Waals surface area contributed by atoms with Gasteiger partial charge in [0, 0.05) is 24.4 Å². The lowest BCUT2D eigenvalue weighted by atomic mass is 10.1. The normalized spacial score (nSPS) is 10.2. The molecule has 1 N–H and O–H groups in total. The second-order valence-corrected chi connectivity index (χ2v) is 5.70. The second kappa shape index (κ2) is 8.89. The first-order valence-electron chi connectivity index (χ1n) is 8.38. The van der Waals surface area contributed by atoms with Gasteiger partial charge in [0.1, 0.15) is 6.54 Å². The van der Waals surface area contributed by atoms with Crippen LogP contribution in [0.5, 0.6) is 11.5 Å². The molecule has 2 rings (SSSR count). The van der Waals surface area contributed by atoms with Crippen LogP contribution in [-0.4, -0.2) is 32.6 Å². The summed E-state index contributed by atoms with van der Waals surface area (Å²) in [6, 6.07) is 12.7. The van der Waals surface area contributed by atoms with Gasteiger partial charge in [-0.25, -0.2) is 0 Å². The zero-order chi connectivity index (χ0) is 19.1. The first-order chi connectivity index (χ1) is 12.5. The quantitative estimate of drug-likeness (QED) is 0.827. The van der Waals surface area contributed by atoms with Gasteiger partial charge in [-0.3, -0.25) is 9.59 Å². The Morgan fingerprint density at radius 1 is 1.04 bits per heavy atom. The molecule has 0 aliphatic carbocycles. The summed E-state index contributed by atoms with van der Waals surface area (Å²) in [7, 11) is 3.06. The summed E-state index contributed by atoms with van der Waals surface area (Å²) in [5.41, 5.74) is 2.37. The molecule has 138 valence electrons. The summed E-state index contributed by atoms with van der Waals surface area (Å²) in [5, 5.41) is 2.88. The highest BCUT2D eigenvalue weighted by atomic mass is 16.5. The van der Waals surface area contributed by atoms with E-state index in [0.29, 0.717) is 17.2 Å². The molecule has 0 atom stereocenters. The molecule has 26 heavy (non-hydrogen) atoms. The van der Waals surface area contributed by atoms with E-state index in [0.717, 1.165) is 17.7 Å². The number of rotatable bonds is 7. The van der Waals surface area contributed by atoms with E-state index in [1.807, 2.05) is 31.2 Å². The maximum atomic E-state index is 12.5. The molecule has 0 heterocycles. The van der Waals surface area contributed by atoms with Gasteiger partial charge in [0.15, 0.2) is 11.5 Å². The molecule has 2 aromatic carbocycles. The predicted molar refractivity (Wildman–Crippen MR) is 102 cm³/mol. The summed E-state index contributed by atoms with van der Waals surface area (Å²) < 4.78 is 10.5. The largest absolute Gasteiger partial charge is 0.493 e. The molecule has 0 fully saturated rings. The molecule has 0 saturated carbocycles. The summed E-state index contributed by atoms with van der Waals surface area (Å²) in [6.07, 6.45) is 0.808. The van der Waals surface area contributed by atoms with Crippen molar-refractivity contribution in [2.45, 2.75) is 20.3 Å². The zero-order valence-electron chi connectivity index (χ0n) is 15.5. The van der Waals surface area contributed by atoms with Crippen molar-refractivity contribution in [3.8, 4) is 11.5 Å². The van der Waals surface area contributed by atoms with E-state index in [4.69, 9.17) is 9.47 Å². The molecule has 0 radical (unpaired) electrons. The van der Waals surface area contributed by atoms with Crippen molar-refractivity contribution in [2.75, 3.05) is 31.0 Å². The van der Waals surface area contributed by atoms with Crippen LogP contribution in [0.1, 0.15) is 19.4 Å². The van der Waals surface area contributed by atoms with Crippen LogP contribution in [0, 0.1) is 0 Å². The third-order valence-corrected chi connectivity index (χ3v) is 4.03. The van der Waals surface area contributed by atoms with Crippen LogP contribution in [0.4, 0.5) is 11.4 Å². The van der Waals surface area contributed by atoms with E-state index >= 15 is 0 Å². The van der Waals surface area contributed by atoms with E-state index in [-0.39, 0.29) is 18.4 Å². The van der Waals surface area contributed by atoms with Gasteiger partial charge in [-0.1, -0.05) is 25.1 Å². The molecule has 0 aromatic heterocycles. The van der Waals surface area contributed by atoms with Crippen LogP contribution in [-0.2, 0) is 16.0 Å².